The highest BCUT2D eigenvalue weighted by Gasteiger charge is 2.05. The van der Waals surface area contributed by atoms with Crippen molar-refractivity contribution in [3.63, 3.8) is 0 Å². The van der Waals surface area contributed by atoms with Crippen LogP contribution in [0.15, 0.2) is 47.7 Å². The first-order valence-corrected chi connectivity index (χ1v) is 6.68. The Morgan fingerprint density at radius 2 is 2.14 bits per heavy atom. The molecule has 5 nitrogen and oxygen atoms in total. The summed E-state index contributed by atoms with van der Waals surface area (Å²) in [5.74, 6) is 0.622. The molecular weight excluding hydrogens is 266 g/mol. The topological polar surface area (TPSA) is 55.6 Å². The zero-order valence-electron chi connectivity index (χ0n) is 12.5. The average molecular weight is 285 g/mol. The number of carbonyl (C=O) groups is 1. The van der Waals surface area contributed by atoms with E-state index in [1.54, 1.807) is 7.11 Å². The molecule has 0 fully saturated rings. The summed E-state index contributed by atoms with van der Waals surface area (Å²) in [6, 6.07) is 11.4. The number of aromatic nitrogens is 1. The molecule has 1 aromatic carbocycles. The number of hydrogen-bond donors (Lipinski definition) is 1. The molecule has 110 valence electrons. The molecule has 1 aromatic heterocycles. The monoisotopic (exact) mass is 285 g/mol. The summed E-state index contributed by atoms with van der Waals surface area (Å²) >= 11 is 0. The number of hydrogen-bond acceptors (Lipinski definition) is 3. The van der Waals surface area contributed by atoms with Crippen LogP contribution in [-0.2, 0) is 18.3 Å². The van der Waals surface area contributed by atoms with Crippen LogP contribution in [0.3, 0.4) is 0 Å². The number of nitrogens with zero attached hydrogens (tertiary/aromatic N) is 2. The number of aryl methyl sites for hydroxylation is 1. The summed E-state index contributed by atoms with van der Waals surface area (Å²) in [6.45, 7) is 1.84. The van der Waals surface area contributed by atoms with Crippen LogP contribution < -0.4 is 10.2 Å². The average Bonchev–Trinajstić information content (AvgIpc) is 2.90. The number of rotatable bonds is 5. The zero-order valence-corrected chi connectivity index (χ0v) is 12.5. The fourth-order valence-corrected chi connectivity index (χ4v) is 1.94. The van der Waals surface area contributed by atoms with Crippen molar-refractivity contribution in [2.45, 2.75) is 13.3 Å². The maximum Gasteiger partial charge on any atom is 0.246 e. The van der Waals surface area contributed by atoms with E-state index in [0.29, 0.717) is 6.42 Å². The van der Waals surface area contributed by atoms with Gasteiger partial charge in [0.05, 0.1) is 19.2 Å². The molecule has 21 heavy (non-hydrogen) atoms. The quantitative estimate of drug-likeness (QED) is 0.676. The molecule has 0 aliphatic carbocycles. The van der Waals surface area contributed by atoms with E-state index in [4.69, 9.17) is 4.74 Å². The number of ether oxygens (including phenoxy) is 1. The molecule has 0 aliphatic rings. The number of carbonyl (C=O) groups excluding carboxylic acids is 1. The fraction of sp³-hybridized carbons (Fsp3) is 0.250. The van der Waals surface area contributed by atoms with Gasteiger partial charge in [0.15, 0.2) is 0 Å². The molecule has 0 saturated carbocycles. The lowest BCUT2D eigenvalue weighted by atomic mass is 10.1. The Labute approximate surface area is 124 Å². The van der Waals surface area contributed by atoms with Crippen LogP contribution in [0.5, 0.6) is 5.75 Å². The predicted molar refractivity (Wildman–Crippen MR) is 82.5 cm³/mol. The second-order valence-corrected chi connectivity index (χ2v) is 4.75. The molecular formula is C16H19N3O2. The van der Waals surface area contributed by atoms with Crippen LogP contribution in [0, 0.1) is 0 Å². The van der Waals surface area contributed by atoms with Gasteiger partial charge in [0.2, 0.25) is 5.91 Å². The number of nitrogens with one attached hydrogen (secondary N) is 1. The van der Waals surface area contributed by atoms with Crippen molar-refractivity contribution >= 4 is 11.6 Å². The third-order valence-corrected chi connectivity index (χ3v) is 3.23. The second kappa shape index (κ2) is 6.74. The van der Waals surface area contributed by atoms with Crippen molar-refractivity contribution in [3.05, 3.63) is 53.9 Å². The smallest absolute Gasteiger partial charge is 0.246 e. The van der Waals surface area contributed by atoms with Crippen molar-refractivity contribution in [3.8, 4) is 5.75 Å². The van der Waals surface area contributed by atoms with E-state index in [1.807, 2.05) is 61.1 Å². The summed E-state index contributed by atoms with van der Waals surface area (Å²) in [7, 11) is 3.53. The van der Waals surface area contributed by atoms with E-state index < -0.39 is 0 Å². The Bertz CT molecular complexity index is 659. The first-order valence-electron chi connectivity index (χ1n) is 6.68. The third kappa shape index (κ3) is 3.95. The van der Waals surface area contributed by atoms with E-state index in [2.05, 4.69) is 10.5 Å². The molecule has 2 rings (SSSR count). The van der Waals surface area contributed by atoms with E-state index in [1.165, 1.54) is 0 Å². The molecule has 0 unspecified atom stereocenters. The summed E-state index contributed by atoms with van der Waals surface area (Å²) in [5.41, 5.74) is 5.17. The van der Waals surface area contributed by atoms with Gasteiger partial charge in [-0.25, -0.2) is 5.43 Å². The number of benzene rings is 1. The standard InChI is InChI=1S/C16H19N3O2/c1-12(13-6-4-8-15(10-13)21-3)17-18-16(20)11-14-7-5-9-19(14)2/h4-10H,11H2,1-3H3,(H,18,20)/b17-12+. The molecule has 5 heteroatoms. The van der Waals surface area contributed by atoms with Crippen LogP contribution in [0.2, 0.25) is 0 Å². The minimum atomic E-state index is -0.140. The van der Waals surface area contributed by atoms with Crippen molar-refractivity contribution in [2.24, 2.45) is 12.1 Å². The van der Waals surface area contributed by atoms with Gasteiger partial charge in [0.25, 0.3) is 0 Å². The third-order valence-electron chi connectivity index (χ3n) is 3.23. The van der Waals surface area contributed by atoms with Crippen LogP contribution in [0.4, 0.5) is 0 Å². The first-order chi connectivity index (χ1) is 10.1. The minimum Gasteiger partial charge on any atom is -0.497 e. The normalized spacial score (nSPS) is 11.3. The van der Waals surface area contributed by atoms with Crippen LogP contribution in [0.25, 0.3) is 0 Å². The fourth-order valence-electron chi connectivity index (χ4n) is 1.94. The highest BCUT2D eigenvalue weighted by molar-refractivity contribution is 5.99. The Morgan fingerprint density at radius 1 is 1.33 bits per heavy atom. The van der Waals surface area contributed by atoms with Gasteiger partial charge in [-0.15, -0.1) is 0 Å². The molecule has 0 atom stereocenters. The van der Waals surface area contributed by atoms with Gasteiger partial charge in [-0.2, -0.15) is 5.10 Å². The Kier molecular flexibility index (Phi) is 4.77. The Morgan fingerprint density at radius 3 is 2.81 bits per heavy atom. The number of hydrazone groups is 1. The molecule has 0 bridgehead atoms. The summed E-state index contributed by atoms with van der Waals surface area (Å²) < 4.78 is 7.08. The molecule has 2 aromatic rings. The van der Waals surface area contributed by atoms with Gasteiger partial charge in [0, 0.05) is 24.5 Å². The van der Waals surface area contributed by atoms with Crippen molar-refractivity contribution in [2.75, 3.05) is 7.11 Å². The summed E-state index contributed by atoms with van der Waals surface area (Å²) in [5, 5.41) is 4.13. The SMILES string of the molecule is COc1cccc(/C(C)=N/NC(=O)Cc2cccn2C)c1. The van der Waals surface area contributed by atoms with Crippen LogP contribution in [0.1, 0.15) is 18.2 Å². The molecule has 1 N–H and O–H groups in total. The number of amides is 1. The largest absolute Gasteiger partial charge is 0.497 e. The van der Waals surface area contributed by atoms with Crippen molar-refractivity contribution in [1.29, 1.82) is 0 Å². The maximum absolute atomic E-state index is 11.9. The van der Waals surface area contributed by atoms with Crippen LogP contribution >= 0.6 is 0 Å². The van der Waals surface area contributed by atoms with Gasteiger partial charge in [-0.3, -0.25) is 4.79 Å². The number of methoxy groups -OCH3 is 1. The maximum atomic E-state index is 11.9. The highest BCUT2D eigenvalue weighted by atomic mass is 16.5. The van der Waals surface area contributed by atoms with E-state index in [0.717, 1.165) is 22.7 Å². The molecule has 0 radical (unpaired) electrons. The molecule has 0 spiro atoms. The van der Waals surface area contributed by atoms with Gasteiger partial charge in [-0.05, 0) is 31.2 Å². The van der Waals surface area contributed by atoms with Gasteiger partial charge in [-0.1, -0.05) is 12.1 Å². The minimum absolute atomic E-state index is 0.140. The first kappa shape index (κ1) is 14.8. The van der Waals surface area contributed by atoms with Gasteiger partial charge >= 0.3 is 0 Å². The van der Waals surface area contributed by atoms with Gasteiger partial charge in [0.1, 0.15) is 5.75 Å². The lowest BCUT2D eigenvalue weighted by Gasteiger charge is -2.05. The highest BCUT2D eigenvalue weighted by Crippen LogP contribution is 2.13. The predicted octanol–water partition coefficient (Wildman–Crippen LogP) is 2.12. The second-order valence-electron chi connectivity index (χ2n) is 4.75. The molecule has 1 amide bonds. The lowest BCUT2D eigenvalue weighted by Crippen LogP contribution is -2.22. The summed E-state index contributed by atoms with van der Waals surface area (Å²) in [6.07, 6.45) is 2.21. The van der Waals surface area contributed by atoms with E-state index in [-0.39, 0.29) is 5.91 Å². The van der Waals surface area contributed by atoms with Crippen molar-refractivity contribution < 1.29 is 9.53 Å². The molecule has 0 aliphatic heterocycles. The molecule has 1 heterocycles. The van der Waals surface area contributed by atoms with Crippen LogP contribution in [-0.4, -0.2) is 23.3 Å². The Balaban J connectivity index is 1.99. The summed E-state index contributed by atoms with van der Waals surface area (Å²) in [4.78, 5) is 11.9. The zero-order chi connectivity index (χ0) is 15.2. The van der Waals surface area contributed by atoms with E-state index in [9.17, 15) is 4.79 Å². The lowest BCUT2D eigenvalue weighted by molar-refractivity contribution is -0.120. The van der Waals surface area contributed by atoms with E-state index >= 15 is 0 Å². The van der Waals surface area contributed by atoms with Crippen molar-refractivity contribution in [1.82, 2.24) is 9.99 Å². The van der Waals surface area contributed by atoms with Gasteiger partial charge < -0.3 is 9.30 Å². The molecule has 0 saturated heterocycles. The Hall–Kier alpha value is -2.56.